The first-order valence-corrected chi connectivity index (χ1v) is 9.45. The van der Waals surface area contributed by atoms with Crippen LogP contribution in [0.25, 0.3) is 5.69 Å². The molecule has 0 spiro atoms. The Balaban J connectivity index is 1.50. The van der Waals surface area contributed by atoms with E-state index >= 15 is 0 Å². The van der Waals surface area contributed by atoms with Gasteiger partial charge in [-0.3, -0.25) is 14.5 Å². The van der Waals surface area contributed by atoms with E-state index in [0.29, 0.717) is 22.7 Å². The molecule has 2 aromatic carbocycles. The molecule has 0 saturated carbocycles. The third-order valence-corrected chi connectivity index (χ3v) is 5.09. The maximum atomic E-state index is 13.0. The Kier molecular flexibility index (Phi) is 5.12. The van der Waals surface area contributed by atoms with Crippen molar-refractivity contribution in [3.05, 3.63) is 66.7 Å². The molecule has 3 aromatic rings. The van der Waals surface area contributed by atoms with Crippen molar-refractivity contribution < 1.29 is 19.1 Å². The summed E-state index contributed by atoms with van der Waals surface area (Å²) in [6.07, 6.45) is 2.88. The molecule has 31 heavy (non-hydrogen) atoms. The highest BCUT2D eigenvalue weighted by Crippen LogP contribution is 2.30. The van der Waals surface area contributed by atoms with E-state index in [2.05, 4.69) is 20.7 Å². The Morgan fingerprint density at radius 1 is 1.16 bits per heavy atom. The summed E-state index contributed by atoms with van der Waals surface area (Å²) >= 11 is 0. The molecule has 1 unspecified atom stereocenters. The lowest BCUT2D eigenvalue weighted by Gasteiger charge is -2.22. The van der Waals surface area contributed by atoms with E-state index in [1.54, 1.807) is 62.6 Å². The van der Waals surface area contributed by atoms with Gasteiger partial charge in [-0.25, -0.2) is 14.5 Å². The van der Waals surface area contributed by atoms with Gasteiger partial charge in [0.15, 0.2) is 0 Å². The predicted octanol–water partition coefficient (Wildman–Crippen LogP) is 1.68. The standard InChI is InChI=1S/C21H20N6O4/c1-21(14-7-9-15(31-2)10-8-14)19(29)26(20(30)25-21)11-18(28)24-16-5-3-4-6-17(16)27-13-22-12-23-27/h3-10,12-13H,11H2,1-2H3,(H,24,28)(H,25,30). The molecule has 2 heterocycles. The summed E-state index contributed by atoms with van der Waals surface area (Å²) < 4.78 is 6.64. The van der Waals surface area contributed by atoms with Crippen molar-refractivity contribution in [1.82, 2.24) is 25.0 Å². The number of hydrogen-bond donors (Lipinski definition) is 2. The molecule has 1 fully saturated rings. The van der Waals surface area contributed by atoms with Crippen molar-refractivity contribution in [3.63, 3.8) is 0 Å². The van der Waals surface area contributed by atoms with Crippen LogP contribution in [-0.2, 0) is 15.1 Å². The topological polar surface area (TPSA) is 118 Å². The predicted molar refractivity (Wildman–Crippen MR) is 111 cm³/mol. The van der Waals surface area contributed by atoms with E-state index in [1.165, 1.54) is 17.3 Å². The van der Waals surface area contributed by atoms with Crippen LogP contribution in [0, 0.1) is 0 Å². The Morgan fingerprint density at radius 3 is 2.58 bits per heavy atom. The Morgan fingerprint density at radius 2 is 1.90 bits per heavy atom. The van der Waals surface area contributed by atoms with Crippen LogP contribution < -0.4 is 15.4 Å². The van der Waals surface area contributed by atoms with E-state index in [0.717, 1.165) is 4.90 Å². The van der Waals surface area contributed by atoms with Crippen LogP contribution >= 0.6 is 0 Å². The van der Waals surface area contributed by atoms with Gasteiger partial charge < -0.3 is 15.4 Å². The first kappa shape index (κ1) is 20.1. The van der Waals surface area contributed by atoms with Crippen molar-refractivity contribution in [1.29, 1.82) is 0 Å². The van der Waals surface area contributed by atoms with Gasteiger partial charge in [0.25, 0.3) is 5.91 Å². The van der Waals surface area contributed by atoms with E-state index < -0.39 is 29.9 Å². The number of benzene rings is 2. The Labute approximate surface area is 177 Å². The molecule has 10 heteroatoms. The molecular weight excluding hydrogens is 400 g/mol. The van der Waals surface area contributed by atoms with Gasteiger partial charge in [-0.2, -0.15) is 5.10 Å². The van der Waals surface area contributed by atoms with Crippen LogP contribution in [0.2, 0.25) is 0 Å². The number of methoxy groups -OCH3 is 1. The normalized spacial score (nSPS) is 18.1. The lowest BCUT2D eigenvalue weighted by molar-refractivity contribution is -0.133. The molecule has 4 amide bonds. The highest BCUT2D eigenvalue weighted by molar-refractivity contribution is 6.10. The van der Waals surface area contributed by atoms with Crippen molar-refractivity contribution >= 4 is 23.5 Å². The van der Waals surface area contributed by atoms with Gasteiger partial charge in [0.1, 0.15) is 30.5 Å². The zero-order valence-electron chi connectivity index (χ0n) is 16.9. The number of carbonyl (C=O) groups excluding carboxylic acids is 3. The van der Waals surface area contributed by atoms with Crippen LogP contribution in [0.5, 0.6) is 5.75 Å². The summed E-state index contributed by atoms with van der Waals surface area (Å²) in [4.78, 5) is 43.0. The van der Waals surface area contributed by atoms with Gasteiger partial charge in [-0.05, 0) is 36.8 Å². The third kappa shape index (κ3) is 3.70. The molecule has 1 saturated heterocycles. The second kappa shape index (κ2) is 7.90. The van der Waals surface area contributed by atoms with E-state index in [4.69, 9.17) is 4.74 Å². The maximum absolute atomic E-state index is 13.0. The average molecular weight is 420 g/mol. The molecule has 1 aromatic heterocycles. The zero-order chi connectivity index (χ0) is 22.0. The van der Waals surface area contributed by atoms with Gasteiger partial charge in [-0.1, -0.05) is 24.3 Å². The van der Waals surface area contributed by atoms with Gasteiger partial charge in [-0.15, -0.1) is 0 Å². The summed E-state index contributed by atoms with van der Waals surface area (Å²) in [6, 6.07) is 13.2. The average Bonchev–Trinajstić information content (AvgIpc) is 3.38. The number of rotatable bonds is 6. The second-order valence-electron chi connectivity index (χ2n) is 7.08. The number of ether oxygens (including phenoxy) is 1. The number of amides is 4. The molecular formula is C21H20N6O4. The van der Waals surface area contributed by atoms with Crippen molar-refractivity contribution in [2.75, 3.05) is 19.0 Å². The van der Waals surface area contributed by atoms with Crippen molar-refractivity contribution in [3.8, 4) is 11.4 Å². The third-order valence-electron chi connectivity index (χ3n) is 5.09. The number of para-hydroxylation sites is 2. The van der Waals surface area contributed by atoms with Crippen molar-refractivity contribution in [2.24, 2.45) is 0 Å². The quantitative estimate of drug-likeness (QED) is 0.586. The van der Waals surface area contributed by atoms with Gasteiger partial charge in [0, 0.05) is 0 Å². The molecule has 4 rings (SSSR count). The fourth-order valence-corrected chi connectivity index (χ4v) is 3.41. The molecule has 0 aliphatic carbocycles. The molecule has 158 valence electrons. The molecule has 2 N–H and O–H groups in total. The summed E-state index contributed by atoms with van der Waals surface area (Å²) in [5, 5.41) is 9.48. The van der Waals surface area contributed by atoms with E-state index in [1.807, 2.05) is 0 Å². The number of imide groups is 1. The fourth-order valence-electron chi connectivity index (χ4n) is 3.41. The number of nitrogens with one attached hydrogen (secondary N) is 2. The van der Waals surface area contributed by atoms with Crippen LogP contribution in [0.3, 0.4) is 0 Å². The molecule has 1 atom stereocenters. The lowest BCUT2D eigenvalue weighted by Crippen LogP contribution is -2.42. The number of aromatic nitrogens is 3. The first-order valence-electron chi connectivity index (χ1n) is 9.45. The van der Waals surface area contributed by atoms with Crippen LogP contribution in [0.15, 0.2) is 61.2 Å². The SMILES string of the molecule is COc1ccc(C2(C)NC(=O)N(CC(=O)Nc3ccccc3-n3cncn3)C2=O)cc1. The van der Waals surface area contributed by atoms with Crippen molar-refractivity contribution in [2.45, 2.75) is 12.5 Å². The minimum Gasteiger partial charge on any atom is -0.497 e. The lowest BCUT2D eigenvalue weighted by atomic mass is 9.92. The molecule has 0 bridgehead atoms. The number of nitrogens with zero attached hydrogens (tertiary/aromatic N) is 4. The van der Waals surface area contributed by atoms with Gasteiger partial charge >= 0.3 is 6.03 Å². The number of urea groups is 1. The summed E-state index contributed by atoms with van der Waals surface area (Å²) in [5.41, 5.74) is 0.394. The van der Waals surface area contributed by atoms with Crippen LogP contribution in [0.1, 0.15) is 12.5 Å². The monoisotopic (exact) mass is 420 g/mol. The number of anilines is 1. The highest BCUT2D eigenvalue weighted by Gasteiger charge is 2.49. The summed E-state index contributed by atoms with van der Waals surface area (Å²) in [6.45, 7) is 1.18. The second-order valence-corrected chi connectivity index (χ2v) is 7.08. The highest BCUT2D eigenvalue weighted by atomic mass is 16.5. The van der Waals surface area contributed by atoms with E-state index in [9.17, 15) is 14.4 Å². The van der Waals surface area contributed by atoms with Gasteiger partial charge in [0.2, 0.25) is 5.91 Å². The molecule has 1 aliphatic heterocycles. The Hall–Kier alpha value is -4.21. The number of hydrogen-bond acceptors (Lipinski definition) is 6. The molecule has 0 radical (unpaired) electrons. The fraction of sp³-hybridized carbons (Fsp3) is 0.190. The van der Waals surface area contributed by atoms with Crippen LogP contribution in [-0.4, -0.2) is 51.2 Å². The Bertz CT molecular complexity index is 1130. The molecule has 1 aliphatic rings. The minimum atomic E-state index is -1.28. The molecule has 10 nitrogen and oxygen atoms in total. The smallest absolute Gasteiger partial charge is 0.325 e. The zero-order valence-corrected chi connectivity index (χ0v) is 16.9. The number of carbonyl (C=O) groups is 3. The van der Waals surface area contributed by atoms with E-state index in [-0.39, 0.29) is 0 Å². The summed E-state index contributed by atoms with van der Waals surface area (Å²) in [5.74, 6) is -0.399. The maximum Gasteiger partial charge on any atom is 0.325 e. The van der Waals surface area contributed by atoms with Crippen LogP contribution in [0.4, 0.5) is 10.5 Å². The van der Waals surface area contributed by atoms with Gasteiger partial charge in [0.05, 0.1) is 18.5 Å². The summed E-state index contributed by atoms with van der Waals surface area (Å²) in [7, 11) is 1.54. The minimum absolute atomic E-state index is 0.428. The first-order chi connectivity index (χ1) is 14.9. The largest absolute Gasteiger partial charge is 0.497 e.